The van der Waals surface area contributed by atoms with E-state index < -0.39 is 32.8 Å². The second-order valence-electron chi connectivity index (χ2n) is 3.31. The Bertz CT molecular complexity index is 493. The van der Waals surface area contributed by atoms with E-state index >= 15 is 0 Å². The topological polar surface area (TPSA) is 126 Å². The Balaban J connectivity index is 4.91. The van der Waals surface area contributed by atoms with Crippen molar-refractivity contribution in [2.75, 3.05) is 0 Å². The maximum Gasteiger partial charge on any atom is 0.311 e. The van der Waals surface area contributed by atoms with Crippen molar-refractivity contribution in [2.45, 2.75) is 13.8 Å². The van der Waals surface area contributed by atoms with Crippen LogP contribution in [0.3, 0.4) is 0 Å². The Morgan fingerprint density at radius 3 is 1.95 bits per heavy atom. The summed E-state index contributed by atoms with van der Waals surface area (Å²) in [7, 11) is 0. The van der Waals surface area contributed by atoms with Crippen molar-refractivity contribution in [2.24, 2.45) is 0 Å². The van der Waals surface area contributed by atoms with Gasteiger partial charge in [0.2, 0.25) is 5.78 Å². The van der Waals surface area contributed by atoms with E-state index in [1.165, 1.54) is 18.2 Å². The Morgan fingerprint density at radius 1 is 1.00 bits per heavy atom. The molecule has 102 valence electrons. The van der Waals surface area contributed by atoms with Gasteiger partial charge < -0.3 is 5.11 Å². The van der Waals surface area contributed by atoms with Gasteiger partial charge in [-0.1, -0.05) is 24.0 Å². The molecule has 0 N–H and O–H groups in total. The Morgan fingerprint density at radius 2 is 1.58 bits per heavy atom. The summed E-state index contributed by atoms with van der Waals surface area (Å²) < 4.78 is 0. The third kappa shape index (κ3) is 5.91. The number of hydrogen-bond donors (Lipinski definition) is 0. The highest BCUT2D eigenvalue weighted by Crippen LogP contribution is 2.02. The molecule has 0 atom stereocenters. The van der Waals surface area contributed by atoms with Gasteiger partial charge in [-0.2, -0.15) is 0 Å². The van der Waals surface area contributed by atoms with Crippen LogP contribution in [0.25, 0.3) is 0 Å². The molecule has 8 nitrogen and oxygen atoms in total. The van der Waals surface area contributed by atoms with Crippen molar-refractivity contribution in [1.29, 1.82) is 0 Å². The molecule has 0 aromatic carbocycles. The zero-order valence-electron chi connectivity index (χ0n) is 10.2. The predicted molar refractivity (Wildman–Crippen MR) is 63.7 cm³/mol. The Labute approximate surface area is 108 Å². The molecule has 0 aliphatic heterocycles. The lowest BCUT2D eigenvalue weighted by atomic mass is 10.3. The summed E-state index contributed by atoms with van der Waals surface area (Å²) in [6.45, 7) is 2.10. The largest absolute Gasteiger partial charge is 0.871 e. The number of nitro groups is 2. The van der Waals surface area contributed by atoms with E-state index in [1.807, 2.05) is 0 Å². The van der Waals surface area contributed by atoms with Crippen LogP contribution in [-0.2, 0) is 4.79 Å². The van der Waals surface area contributed by atoms with Gasteiger partial charge in [-0.15, -0.1) is 0 Å². The van der Waals surface area contributed by atoms with Crippen LogP contribution >= 0.6 is 0 Å². The average Bonchev–Trinajstić information content (AvgIpc) is 2.25. The molecule has 0 aliphatic carbocycles. The zero-order valence-corrected chi connectivity index (χ0v) is 10.2. The summed E-state index contributed by atoms with van der Waals surface area (Å²) in [5.41, 5.74) is -1.20. The van der Waals surface area contributed by atoms with Crippen molar-refractivity contribution >= 4 is 5.78 Å². The normalized spacial score (nSPS) is 13.7. The van der Waals surface area contributed by atoms with Gasteiger partial charge in [0.05, 0.1) is 9.85 Å². The summed E-state index contributed by atoms with van der Waals surface area (Å²) in [6, 6.07) is 0. The molecule has 0 aromatic rings. The van der Waals surface area contributed by atoms with Gasteiger partial charge in [-0.25, -0.2) is 0 Å². The van der Waals surface area contributed by atoms with E-state index in [0.717, 1.165) is 26.0 Å². The summed E-state index contributed by atoms with van der Waals surface area (Å²) >= 11 is 0. The molecule has 19 heavy (non-hydrogen) atoms. The summed E-state index contributed by atoms with van der Waals surface area (Å²) in [5.74, 6) is -1.42. The number of rotatable bonds is 6. The lowest BCUT2D eigenvalue weighted by molar-refractivity contribution is -0.436. The Hall–Kier alpha value is -2.77. The third-order valence-corrected chi connectivity index (χ3v) is 1.85. The van der Waals surface area contributed by atoms with Crippen molar-refractivity contribution in [3.63, 3.8) is 0 Å². The highest BCUT2D eigenvalue weighted by Gasteiger charge is 2.14. The number of carbonyl (C=O) groups is 1. The molecule has 0 rings (SSSR count). The fourth-order valence-electron chi connectivity index (χ4n) is 0.971. The van der Waals surface area contributed by atoms with Gasteiger partial charge >= 0.3 is 5.70 Å². The van der Waals surface area contributed by atoms with Crippen molar-refractivity contribution < 1.29 is 19.7 Å². The van der Waals surface area contributed by atoms with Gasteiger partial charge in [0.1, 0.15) is 0 Å². The van der Waals surface area contributed by atoms with Crippen LogP contribution in [-0.4, -0.2) is 15.6 Å². The first-order valence-corrected chi connectivity index (χ1v) is 5.00. The summed E-state index contributed by atoms with van der Waals surface area (Å²) in [4.78, 5) is 30.0. The number of nitrogens with zero attached hydrogens (tertiary/aromatic N) is 2. The molecule has 0 heterocycles. The molecular weight excluding hydrogens is 256 g/mol. The highest BCUT2D eigenvalue weighted by atomic mass is 16.6. The maximum absolute atomic E-state index is 10.8. The van der Waals surface area contributed by atoms with Gasteiger partial charge in [0.15, 0.2) is 0 Å². The fraction of sp³-hybridized carbons (Fsp3) is 0.182. The molecule has 0 aliphatic rings. The first-order valence-electron chi connectivity index (χ1n) is 5.00. The smallest absolute Gasteiger partial charge is 0.311 e. The lowest BCUT2D eigenvalue weighted by Gasteiger charge is -2.02. The number of hydrogen-bond acceptors (Lipinski definition) is 6. The minimum atomic E-state index is -0.833. The first kappa shape index (κ1) is 16.2. The number of Topliss-reactive ketones (excluding diaryl/α,β-unsaturated/α-hetero) is 1. The Kier molecular flexibility index (Phi) is 6.44. The lowest BCUT2D eigenvalue weighted by Crippen LogP contribution is -2.08. The van der Waals surface area contributed by atoms with Crippen molar-refractivity contribution in [1.82, 2.24) is 0 Å². The van der Waals surface area contributed by atoms with Crippen LogP contribution in [0.5, 0.6) is 0 Å². The molecule has 0 amide bonds. The fourth-order valence-corrected chi connectivity index (χ4v) is 0.971. The van der Waals surface area contributed by atoms with Gasteiger partial charge in [0, 0.05) is 19.1 Å². The van der Waals surface area contributed by atoms with Gasteiger partial charge in [-0.05, 0) is 6.92 Å². The van der Waals surface area contributed by atoms with Crippen molar-refractivity contribution in [3.05, 3.63) is 67.8 Å². The number of ketones is 1. The minimum Gasteiger partial charge on any atom is -0.871 e. The molecule has 0 spiro atoms. The molecule has 8 heteroatoms. The highest BCUT2D eigenvalue weighted by molar-refractivity contribution is 5.91. The SMILES string of the molecule is CC(=O)C(=CC=CC=C/C(=C(/C)[O-])[N+](=O)[O-])[N+](=O)[O-]. The first-order chi connectivity index (χ1) is 8.77. The summed E-state index contributed by atoms with van der Waals surface area (Å²) in [6.07, 6.45) is 5.51. The molecule has 0 saturated heterocycles. The molecule has 0 radical (unpaired) electrons. The molecule has 0 unspecified atom stereocenters. The molecule has 0 saturated carbocycles. The van der Waals surface area contributed by atoms with Crippen LogP contribution in [0, 0.1) is 20.2 Å². The number of carbonyl (C=O) groups excluding carboxylic acids is 1. The average molecular weight is 267 g/mol. The van der Waals surface area contributed by atoms with Gasteiger partial charge in [0.25, 0.3) is 5.70 Å². The van der Waals surface area contributed by atoms with Crippen LogP contribution in [0.4, 0.5) is 0 Å². The molecule has 0 fully saturated rings. The monoisotopic (exact) mass is 267 g/mol. The third-order valence-electron chi connectivity index (χ3n) is 1.85. The second kappa shape index (κ2) is 7.54. The van der Waals surface area contributed by atoms with Gasteiger partial charge in [-0.3, -0.25) is 25.0 Å². The van der Waals surface area contributed by atoms with Crippen LogP contribution in [0.2, 0.25) is 0 Å². The zero-order chi connectivity index (χ0) is 15.0. The minimum absolute atomic E-state index is 0.602. The molecular formula is C11H11N2O6-. The van der Waals surface area contributed by atoms with E-state index in [4.69, 9.17) is 0 Å². The molecule has 0 bridgehead atoms. The van der Waals surface area contributed by atoms with Crippen LogP contribution < -0.4 is 5.11 Å². The van der Waals surface area contributed by atoms with E-state index in [2.05, 4.69) is 0 Å². The standard InChI is InChI=1S/C11H12N2O6/c1-8(14)10(12(16)17)6-4-3-5-7-11(9(2)15)13(18)19/h3-7,14H,1-2H3/p-1/b5-3?,6-4?,10-8+,11-7?. The number of allylic oxidation sites excluding steroid dienone is 7. The molecule has 0 aromatic heterocycles. The second-order valence-corrected chi connectivity index (χ2v) is 3.31. The quantitative estimate of drug-likeness (QED) is 0.229. The van der Waals surface area contributed by atoms with Crippen molar-refractivity contribution in [3.8, 4) is 0 Å². The van der Waals surface area contributed by atoms with E-state index in [1.54, 1.807) is 0 Å². The van der Waals surface area contributed by atoms with Crippen LogP contribution in [0.15, 0.2) is 47.5 Å². The van der Waals surface area contributed by atoms with E-state index in [0.29, 0.717) is 0 Å². The summed E-state index contributed by atoms with van der Waals surface area (Å²) in [5, 5.41) is 31.7. The maximum atomic E-state index is 10.8. The van der Waals surface area contributed by atoms with E-state index in [-0.39, 0.29) is 0 Å². The predicted octanol–water partition coefficient (Wildman–Crippen LogP) is 0.717. The van der Waals surface area contributed by atoms with E-state index in [9.17, 15) is 30.1 Å². The van der Waals surface area contributed by atoms with Crippen LogP contribution in [0.1, 0.15) is 13.8 Å².